The molecule has 0 unspecified atom stereocenters. The highest BCUT2D eigenvalue weighted by Gasteiger charge is 2.75. The molecule has 10 nitrogen and oxygen atoms in total. The van der Waals surface area contributed by atoms with E-state index in [0.29, 0.717) is 35.5 Å². The minimum absolute atomic E-state index is 0.105. The molecule has 244 valence electrons. The van der Waals surface area contributed by atoms with Gasteiger partial charge in [0, 0.05) is 30.2 Å². The number of anilines is 1. The summed E-state index contributed by atoms with van der Waals surface area (Å²) in [6.07, 6.45) is 3.36. The Bertz CT molecular complexity index is 1470. The standard InChI is InChI=1S/C35H40ClN3O7/c1-4-6-12-27(41)37-22(3)30(23-10-8-7-9-11-23)45-34(44)28-26-17-18-35(46-26)29(28)32(42)39(20-21-40)31(35)33(43)38(19-5-2)25-15-13-24(36)14-16-25/h4-5,7-11,13-16,22,26,28-31,40H,1-2,6,12,17-21H2,3H3,(H,37,41)/t22-,26-,28+,29+,30-,31-,35+/m0/s1. The molecule has 3 saturated heterocycles. The van der Waals surface area contributed by atoms with E-state index in [0.717, 1.165) is 0 Å². The average molecular weight is 650 g/mol. The van der Waals surface area contributed by atoms with Crippen molar-refractivity contribution in [1.82, 2.24) is 10.2 Å². The minimum Gasteiger partial charge on any atom is -0.455 e. The molecule has 0 aromatic heterocycles. The first-order valence-corrected chi connectivity index (χ1v) is 16.0. The number of esters is 1. The topological polar surface area (TPSA) is 125 Å². The molecule has 3 amide bonds. The smallest absolute Gasteiger partial charge is 0.313 e. The molecule has 5 rings (SSSR count). The molecule has 3 fully saturated rings. The molecule has 3 heterocycles. The van der Waals surface area contributed by atoms with Crippen LogP contribution < -0.4 is 10.2 Å². The first kappa shape index (κ1) is 33.4. The minimum atomic E-state index is -1.28. The summed E-state index contributed by atoms with van der Waals surface area (Å²) in [4.78, 5) is 58.1. The summed E-state index contributed by atoms with van der Waals surface area (Å²) >= 11 is 6.10. The van der Waals surface area contributed by atoms with E-state index < -0.39 is 59.5 Å². The summed E-state index contributed by atoms with van der Waals surface area (Å²) in [5.74, 6) is -3.64. The zero-order valence-electron chi connectivity index (χ0n) is 25.8. The van der Waals surface area contributed by atoms with Gasteiger partial charge in [0.2, 0.25) is 11.8 Å². The van der Waals surface area contributed by atoms with Crippen LogP contribution in [0.2, 0.25) is 5.02 Å². The fraction of sp³-hybridized carbons (Fsp3) is 0.429. The van der Waals surface area contributed by atoms with E-state index >= 15 is 0 Å². The molecule has 1 spiro atoms. The summed E-state index contributed by atoms with van der Waals surface area (Å²) in [5, 5.41) is 13.4. The molecular formula is C35H40ClN3O7. The van der Waals surface area contributed by atoms with Gasteiger partial charge in [0.15, 0.2) is 0 Å². The van der Waals surface area contributed by atoms with Crippen LogP contribution >= 0.6 is 11.6 Å². The third-order valence-corrected chi connectivity index (χ3v) is 9.40. The lowest BCUT2D eigenvalue weighted by atomic mass is 9.70. The van der Waals surface area contributed by atoms with Gasteiger partial charge in [0.1, 0.15) is 17.7 Å². The number of carbonyl (C=O) groups excluding carboxylic acids is 4. The quantitative estimate of drug-likeness (QED) is 0.234. The van der Waals surface area contributed by atoms with Crippen LogP contribution in [0.3, 0.4) is 0 Å². The number of nitrogens with zero attached hydrogens (tertiary/aromatic N) is 2. The van der Waals surface area contributed by atoms with Crippen LogP contribution in [-0.2, 0) is 28.7 Å². The fourth-order valence-corrected chi connectivity index (χ4v) is 7.34. The number of likely N-dealkylation sites (tertiary alicyclic amines) is 1. The Hall–Kier alpha value is -3.99. The van der Waals surface area contributed by atoms with E-state index in [4.69, 9.17) is 21.1 Å². The molecule has 7 atom stereocenters. The SMILES string of the molecule is C=CCCC(=O)N[C@@H](C)[C@H](OC(=O)[C@@H]1[C@@H]2CC[C@]3(O2)[C@H](C(=O)N(CC=C)c2ccc(Cl)cc2)N(CCO)C(=O)[C@@H]13)c1ccccc1. The second kappa shape index (κ2) is 14.2. The Labute approximate surface area is 274 Å². The Kier molecular flexibility index (Phi) is 10.3. The van der Waals surface area contributed by atoms with Crippen molar-refractivity contribution >= 4 is 41.0 Å². The van der Waals surface area contributed by atoms with Gasteiger partial charge in [-0.2, -0.15) is 0 Å². The maximum absolute atomic E-state index is 14.4. The summed E-state index contributed by atoms with van der Waals surface area (Å²) < 4.78 is 12.7. The van der Waals surface area contributed by atoms with Crippen molar-refractivity contribution in [3.63, 3.8) is 0 Å². The maximum Gasteiger partial charge on any atom is 0.313 e. The number of benzene rings is 2. The van der Waals surface area contributed by atoms with Crippen molar-refractivity contribution in [3.8, 4) is 0 Å². The van der Waals surface area contributed by atoms with Gasteiger partial charge in [-0.15, -0.1) is 13.2 Å². The van der Waals surface area contributed by atoms with E-state index in [1.807, 2.05) is 30.3 Å². The van der Waals surface area contributed by atoms with E-state index in [1.54, 1.807) is 43.3 Å². The van der Waals surface area contributed by atoms with Gasteiger partial charge in [-0.1, -0.05) is 54.1 Å². The van der Waals surface area contributed by atoms with E-state index in [9.17, 15) is 24.3 Å². The number of amides is 3. The number of ether oxygens (including phenoxy) is 2. The van der Waals surface area contributed by atoms with E-state index in [1.165, 1.54) is 9.80 Å². The third-order valence-electron chi connectivity index (χ3n) is 9.15. The van der Waals surface area contributed by atoms with Crippen molar-refractivity contribution in [2.75, 3.05) is 24.6 Å². The summed E-state index contributed by atoms with van der Waals surface area (Å²) in [5.41, 5.74) is -0.0400. The van der Waals surface area contributed by atoms with E-state index in [2.05, 4.69) is 18.5 Å². The van der Waals surface area contributed by atoms with Crippen LogP contribution in [0.15, 0.2) is 79.9 Å². The number of fused-ring (bicyclic) bond motifs is 1. The molecule has 46 heavy (non-hydrogen) atoms. The Morgan fingerprint density at radius 3 is 2.54 bits per heavy atom. The van der Waals surface area contributed by atoms with Crippen molar-refractivity contribution in [1.29, 1.82) is 0 Å². The number of hydrogen-bond donors (Lipinski definition) is 2. The van der Waals surface area contributed by atoms with Gasteiger partial charge in [0.05, 0.1) is 30.6 Å². The molecule has 0 radical (unpaired) electrons. The predicted molar refractivity (Wildman–Crippen MR) is 173 cm³/mol. The Morgan fingerprint density at radius 1 is 1.17 bits per heavy atom. The number of carbonyl (C=O) groups is 4. The molecule has 3 aliphatic rings. The van der Waals surface area contributed by atoms with Crippen molar-refractivity contribution in [2.24, 2.45) is 11.8 Å². The maximum atomic E-state index is 14.4. The summed E-state index contributed by atoms with van der Waals surface area (Å²) in [6, 6.07) is 14.2. The van der Waals surface area contributed by atoms with Gasteiger partial charge < -0.3 is 29.7 Å². The lowest BCUT2D eigenvalue weighted by Crippen LogP contribution is -2.56. The molecule has 2 aromatic rings. The first-order valence-electron chi connectivity index (χ1n) is 15.6. The second-order valence-electron chi connectivity index (χ2n) is 12.0. The predicted octanol–water partition coefficient (Wildman–Crippen LogP) is 3.98. The average Bonchev–Trinajstić information content (AvgIpc) is 3.69. The molecular weight excluding hydrogens is 610 g/mol. The molecule has 3 aliphatic heterocycles. The van der Waals surface area contributed by atoms with Gasteiger partial charge in [-0.25, -0.2) is 0 Å². The van der Waals surface area contributed by atoms with Gasteiger partial charge >= 0.3 is 5.97 Å². The first-order chi connectivity index (χ1) is 22.2. The van der Waals surface area contributed by atoms with Crippen LogP contribution in [0.5, 0.6) is 0 Å². The molecule has 0 aliphatic carbocycles. The number of β-amino-alcohol motifs (C(OH)–C–C–N with tert-alkyl or cyclic N) is 1. The van der Waals surface area contributed by atoms with Gasteiger partial charge in [0.25, 0.3) is 5.91 Å². The van der Waals surface area contributed by atoms with Crippen LogP contribution in [0, 0.1) is 11.8 Å². The monoisotopic (exact) mass is 649 g/mol. The molecule has 2 N–H and O–H groups in total. The lowest BCUT2D eigenvalue weighted by Gasteiger charge is -2.36. The number of aliphatic hydroxyl groups is 1. The van der Waals surface area contributed by atoms with Gasteiger partial charge in [-0.3, -0.25) is 19.2 Å². The van der Waals surface area contributed by atoms with Crippen LogP contribution in [0.1, 0.15) is 44.3 Å². The fourth-order valence-electron chi connectivity index (χ4n) is 7.21. The summed E-state index contributed by atoms with van der Waals surface area (Å²) in [6.45, 7) is 8.90. The molecule has 2 aromatic carbocycles. The highest BCUT2D eigenvalue weighted by molar-refractivity contribution is 6.30. The van der Waals surface area contributed by atoms with Gasteiger partial charge in [-0.05, 0) is 56.0 Å². The summed E-state index contributed by atoms with van der Waals surface area (Å²) in [7, 11) is 0. The molecule has 0 saturated carbocycles. The van der Waals surface area contributed by atoms with Crippen molar-refractivity contribution in [2.45, 2.75) is 62.5 Å². The third kappa shape index (κ3) is 6.21. The molecule has 11 heteroatoms. The Morgan fingerprint density at radius 2 is 1.89 bits per heavy atom. The molecule has 2 bridgehead atoms. The number of allylic oxidation sites excluding steroid dienone is 1. The van der Waals surface area contributed by atoms with Crippen molar-refractivity contribution < 1.29 is 33.8 Å². The van der Waals surface area contributed by atoms with Crippen molar-refractivity contribution in [3.05, 3.63) is 90.5 Å². The highest BCUT2D eigenvalue weighted by atomic mass is 35.5. The second-order valence-corrected chi connectivity index (χ2v) is 12.4. The highest BCUT2D eigenvalue weighted by Crippen LogP contribution is 2.59. The Balaban J connectivity index is 1.45. The number of hydrogen-bond acceptors (Lipinski definition) is 7. The van der Waals surface area contributed by atoms with Crippen LogP contribution in [0.25, 0.3) is 0 Å². The normalized spacial score (nSPS) is 25.8. The number of aliphatic hydroxyl groups excluding tert-OH is 1. The van der Waals surface area contributed by atoms with Crippen LogP contribution in [-0.4, -0.2) is 77.2 Å². The van der Waals surface area contributed by atoms with Crippen LogP contribution in [0.4, 0.5) is 5.69 Å². The number of nitrogens with one attached hydrogen (secondary N) is 1. The zero-order valence-corrected chi connectivity index (χ0v) is 26.6. The number of halogens is 1. The lowest BCUT2D eigenvalue weighted by molar-refractivity contribution is -0.162. The van der Waals surface area contributed by atoms with E-state index in [-0.39, 0.29) is 32.0 Å². The number of rotatable bonds is 14. The largest absolute Gasteiger partial charge is 0.455 e. The zero-order chi connectivity index (χ0) is 33.0.